The minimum absolute atomic E-state index is 0.720. The van der Waals surface area contributed by atoms with E-state index in [-0.39, 0.29) is 0 Å². The SMILES string of the molecule is COc1ccc(N)c(Sc2ncc[nH]2)c1. The largest absolute Gasteiger partial charge is 0.497 e. The number of methoxy groups -OCH3 is 1. The van der Waals surface area contributed by atoms with Gasteiger partial charge in [0.25, 0.3) is 0 Å². The van der Waals surface area contributed by atoms with E-state index in [2.05, 4.69) is 9.97 Å². The van der Waals surface area contributed by atoms with Gasteiger partial charge in [-0.2, -0.15) is 0 Å². The van der Waals surface area contributed by atoms with Gasteiger partial charge in [-0.15, -0.1) is 0 Å². The predicted octanol–water partition coefficient (Wildman–Crippen LogP) is 2.15. The van der Waals surface area contributed by atoms with Crippen LogP contribution in [-0.4, -0.2) is 17.1 Å². The van der Waals surface area contributed by atoms with E-state index >= 15 is 0 Å². The number of aromatic amines is 1. The van der Waals surface area contributed by atoms with E-state index < -0.39 is 0 Å². The van der Waals surface area contributed by atoms with Crippen molar-refractivity contribution in [3.05, 3.63) is 30.6 Å². The van der Waals surface area contributed by atoms with Gasteiger partial charge in [-0.25, -0.2) is 4.98 Å². The molecule has 0 aliphatic heterocycles. The molecule has 0 radical (unpaired) electrons. The zero-order valence-electron chi connectivity index (χ0n) is 8.23. The number of anilines is 1. The molecule has 0 unspecified atom stereocenters. The molecule has 3 N–H and O–H groups in total. The van der Waals surface area contributed by atoms with Crippen molar-refractivity contribution in [2.24, 2.45) is 0 Å². The summed E-state index contributed by atoms with van der Waals surface area (Å²) in [6, 6.07) is 5.55. The molecule has 78 valence electrons. The van der Waals surface area contributed by atoms with Crippen molar-refractivity contribution in [1.82, 2.24) is 9.97 Å². The Morgan fingerprint density at radius 3 is 3.00 bits per heavy atom. The molecule has 5 heteroatoms. The average molecular weight is 221 g/mol. The summed E-state index contributed by atoms with van der Waals surface area (Å²) in [4.78, 5) is 8.06. The van der Waals surface area contributed by atoms with E-state index in [1.54, 1.807) is 19.5 Å². The number of aromatic nitrogens is 2. The van der Waals surface area contributed by atoms with E-state index in [1.165, 1.54) is 11.8 Å². The second-order valence-electron chi connectivity index (χ2n) is 2.90. The van der Waals surface area contributed by atoms with Crippen molar-refractivity contribution in [3.63, 3.8) is 0 Å². The molecule has 0 fully saturated rings. The number of benzene rings is 1. The van der Waals surface area contributed by atoms with Crippen molar-refractivity contribution in [2.45, 2.75) is 10.1 Å². The number of imidazole rings is 1. The highest BCUT2D eigenvalue weighted by atomic mass is 32.2. The van der Waals surface area contributed by atoms with Crippen molar-refractivity contribution in [1.29, 1.82) is 0 Å². The minimum Gasteiger partial charge on any atom is -0.497 e. The van der Waals surface area contributed by atoms with Crippen LogP contribution in [-0.2, 0) is 0 Å². The lowest BCUT2D eigenvalue weighted by Gasteiger charge is -2.05. The molecule has 0 aliphatic carbocycles. The normalized spacial score (nSPS) is 10.2. The Hall–Kier alpha value is -1.62. The van der Waals surface area contributed by atoms with E-state index in [9.17, 15) is 0 Å². The van der Waals surface area contributed by atoms with Crippen LogP contribution in [0.1, 0.15) is 0 Å². The Morgan fingerprint density at radius 2 is 2.33 bits per heavy atom. The van der Waals surface area contributed by atoms with E-state index in [1.807, 2.05) is 18.2 Å². The molecule has 2 aromatic rings. The average Bonchev–Trinajstić information content (AvgIpc) is 2.74. The summed E-state index contributed by atoms with van der Waals surface area (Å²) in [6.45, 7) is 0. The van der Waals surface area contributed by atoms with E-state index in [0.29, 0.717) is 0 Å². The number of ether oxygens (including phenoxy) is 1. The molecule has 1 aromatic carbocycles. The van der Waals surface area contributed by atoms with Gasteiger partial charge in [-0.3, -0.25) is 0 Å². The summed E-state index contributed by atoms with van der Waals surface area (Å²) in [5, 5.41) is 0.815. The molecule has 0 saturated carbocycles. The summed E-state index contributed by atoms with van der Waals surface area (Å²) in [7, 11) is 1.63. The second-order valence-corrected chi connectivity index (χ2v) is 3.93. The molecular weight excluding hydrogens is 210 g/mol. The fourth-order valence-corrected chi connectivity index (χ4v) is 1.95. The number of hydrogen-bond acceptors (Lipinski definition) is 4. The number of nitrogens with zero attached hydrogens (tertiary/aromatic N) is 1. The Balaban J connectivity index is 2.27. The molecule has 15 heavy (non-hydrogen) atoms. The first-order chi connectivity index (χ1) is 7.29. The monoisotopic (exact) mass is 221 g/mol. The highest BCUT2D eigenvalue weighted by molar-refractivity contribution is 7.99. The summed E-state index contributed by atoms with van der Waals surface area (Å²) < 4.78 is 5.13. The van der Waals surface area contributed by atoms with Gasteiger partial charge in [0.15, 0.2) is 5.16 Å². The molecule has 0 bridgehead atoms. The lowest BCUT2D eigenvalue weighted by atomic mass is 10.3. The fourth-order valence-electron chi connectivity index (χ4n) is 1.14. The number of hydrogen-bond donors (Lipinski definition) is 2. The predicted molar refractivity (Wildman–Crippen MR) is 60.1 cm³/mol. The lowest BCUT2D eigenvalue weighted by molar-refractivity contribution is 0.414. The van der Waals surface area contributed by atoms with E-state index in [0.717, 1.165) is 21.5 Å². The summed E-state index contributed by atoms with van der Waals surface area (Å²) >= 11 is 1.48. The highest BCUT2D eigenvalue weighted by Crippen LogP contribution is 2.32. The Bertz CT molecular complexity index is 442. The number of rotatable bonds is 3. The number of nitrogen functional groups attached to an aromatic ring is 1. The van der Waals surface area contributed by atoms with Crippen molar-refractivity contribution in [3.8, 4) is 5.75 Å². The number of nitrogens with two attached hydrogens (primary N) is 1. The van der Waals surface area contributed by atoms with Gasteiger partial charge in [0, 0.05) is 23.0 Å². The molecule has 0 spiro atoms. The Morgan fingerprint density at radius 1 is 1.47 bits per heavy atom. The first-order valence-corrected chi connectivity index (χ1v) is 5.22. The standard InChI is InChI=1S/C10H11N3OS/c1-14-7-2-3-8(11)9(6-7)15-10-12-4-5-13-10/h2-6H,11H2,1H3,(H,12,13). The van der Waals surface area contributed by atoms with Crippen LogP contribution in [0.15, 0.2) is 40.6 Å². The molecule has 0 aliphatic rings. The zero-order valence-corrected chi connectivity index (χ0v) is 9.04. The summed E-state index contributed by atoms with van der Waals surface area (Å²) in [5.41, 5.74) is 6.56. The third-order valence-corrected chi connectivity index (χ3v) is 2.89. The molecule has 0 amide bonds. The molecule has 1 heterocycles. The summed E-state index contributed by atoms with van der Waals surface area (Å²) in [6.07, 6.45) is 3.48. The molecule has 0 saturated heterocycles. The fraction of sp³-hybridized carbons (Fsp3) is 0.100. The maximum Gasteiger partial charge on any atom is 0.170 e. The van der Waals surface area contributed by atoms with Crippen LogP contribution < -0.4 is 10.5 Å². The zero-order chi connectivity index (χ0) is 10.7. The number of nitrogens with one attached hydrogen (secondary N) is 1. The molecule has 4 nitrogen and oxygen atoms in total. The second kappa shape index (κ2) is 4.27. The van der Waals surface area contributed by atoms with Crippen LogP contribution in [0.25, 0.3) is 0 Å². The van der Waals surface area contributed by atoms with E-state index in [4.69, 9.17) is 10.5 Å². The van der Waals surface area contributed by atoms with Gasteiger partial charge in [0.1, 0.15) is 5.75 Å². The van der Waals surface area contributed by atoms with Crippen LogP contribution in [0, 0.1) is 0 Å². The van der Waals surface area contributed by atoms with Gasteiger partial charge < -0.3 is 15.5 Å². The first-order valence-electron chi connectivity index (χ1n) is 4.40. The molecule has 2 rings (SSSR count). The van der Waals surface area contributed by atoms with Gasteiger partial charge >= 0.3 is 0 Å². The third kappa shape index (κ3) is 2.24. The maximum atomic E-state index is 5.84. The summed E-state index contributed by atoms with van der Waals surface area (Å²) in [5.74, 6) is 0.790. The Labute approximate surface area is 91.9 Å². The smallest absolute Gasteiger partial charge is 0.170 e. The first kappa shape index (κ1) is 9.92. The van der Waals surface area contributed by atoms with Crippen LogP contribution in [0.4, 0.5) is 5.69 Å². The van der Waals surface area contributed by atoms with Gasteiger partial charge in [-0.05, 0) is 30.0 Å². The van der Waals surface area contributed by atoms with Crippen LogP contribution in [0.5, 0.6) is 5.75 Å². The Kier molecular flexibility index (Phi) is 2.82. The topological polar surface area (TPSA) is 63.9 Å². The molecule has 1 aromatic heterocycles. The van der Waals surface area contributed by atoms with Crippen LogP contribution >= 0.6 is 11.8 Å². The van der Waals surface area contributed by atoms with Gasteiger partial charge in [-0.1, -0.05) is 0 Å². The quantitative estimate of drug-likeness (QED) is 0.779. The van der Waals surface area contributed by atoms with Crippen LogP contribution in [0.2, 0.25) is 0 Å². The van der Waals surface area contributed by atoms with Crippen molar-refractivity contribution >= 4 is 17.4 Å². The lowest BCUT2D eigenvalue weighted by Crippen LogP contribution is -1.90. The number of H-pyrrole nitrogens is 1. The van der Waals surface area contributed by atoms with Crippen LogP contribution in [0.3, 0.4) is 0 Å². The molecule has 0 atom stereocenters. The maximum absolute atomic E-state index is 5.84. The highest BCUT2D eigenvalue weighted by Gasteiger charge is 2.05. The third-order valence-electron chi connectivity index (χ3n) is 1.90. The van der Waals surface area contributed by atoms with Crippen molar-refractivity contribution in [2.75, 3.05) is 12.8 Å². The van der Waals surface area contributed by atoms with Gasteiger partial charge in [0.2, 0.25) is 0 Å². The molecular formula is C10H11N3OS. The van der Waals surface area contributed by atoms with Gasteiger partial charge in [0.05, 0.1) is 7.11 Å². The minimum atomic E-state index is 0.720. The van der Waals surface area contributed by atoms with Crippen molar-refractivity contribution < 1.29 is 4.74 Å².